The number of amides is 1. The van der Waals surface area contributed by atoms with E-state index in [1.807, 2.05) is 73.8 Å². The molecule has 5 rings (SSSR count). The standard InChI is InChI=1S/C29H25ClN2O3S/c1-18-15-22(30)8-13-25(18)26(34)17-36-28-27(20-6-11-24(33)12-7-20)32(29(28)35)23-9-4-19(5-10-23)21-3-2-14-31-16-21/h2-16,26-28,33-34H,17H2,1H3/t26-,27-,28-/m1/s1. The summed E-state index contributed by atoms with van der Waals surface area (Å²) in [6.45, 7) is 1.92. The van der Waals surface area contributed by atoms with Crippen molar-refractivity contribution < 1.29 is 15.0 Å². The van der Waals surface area contributed by atoms with Gasteiger partial charge in [-0.05, 0) is 77.2 Å². The summed E-state index contributed by atoms with van der Waals surface area (Å²) in [6.07, 6.45) is 2.83. The number of hydrogen-bond acceptors (Lipinski definition) is 5. The van der Waals surface area contributed by atoms with Gasteiger partial charge in [-0.2, -0.15) is 0 Å². The molecule has 3 atom stereocenters. The monoisotopic (exact) mass is 516 g/mol. The van der Waals surface area contributed by atoms with E-state index in [0.717, 1.165) is 33.5 Å². The van der Waals surface area contributed by atoms with Crippen molar-refractivity contribution in [2.24, 2.45) is 0 Å². The first-order valence-corrected chi connectivity index (χ1v) is 13.0. The zero-order valence-corrected chi connectivity index (χ0v) is 21.2. The third kappa shape index (κ3) is 4.85. The third-order valence-corrected chi connectivity index (χ3v) is 8.01. The second kappa shape index (κ2) is 10.3. The van der Waals surface area contributed by atoms with E-state index >= 15 is 0 Å². The number of carbonyl (C=O) groups is 1. The van der Waals surface area contributed by atoms with Crippen LogP contribution in [0.1, 0.15) is 28.8 Å². The van der Waals surface area contributed by atoms with Crippen molar-refractivity contribution in [3.8, 4) is 16.9 Å². The lowest BCUT2D eigenvalue weighted by atomic mass is 9.92. The molecule has 0 saturated carbocycles. The van der Waals surface area contributed by atoms with E-state index in [1.54, 1.807) is 29.3 Å². The minimum Gasteiger partial charge on any atom is -0.508 e. The summed E-state index contributed by atoms with van der Waals surface area (Å²) in [6, 6.07) is 23.9. The number of phenols is 1. The van der Waals surface area contributed by atoms with Crippen LogP contribution in [0.4, 0.5) is 5.69 Å². The number of rotatable bonds is 7. The van der Waals surface area contributed by atoms with Crippen LogP contribution in [-0.2, 0) is 4.79 Å². The van der Waals surface area contributed by atoms with Gasteiger partial charge in [-0.3, -0.25) is 9.78 Å². The summed E-state index contributed by atoms with van der Waals surface area (Å²) in [5.41, 5.74) is 5.49. The summed E-state index contributed by atoms with van der Waals surface area (Å²) >= 11 is 7.51. The van der Waals surface area contributed by atoms with E-state index in [1.165, 1.54) is 11.8 Å². The zero-order chi connectivity index (χ0) is 25.2. The van der Waals surface area contributed by atoms with Crippen molar-refractivity contribution in [1.82, 2.24) is 4.98 Å². The number of aromatic nitrogens is 1. The Labute approximate surface area is 219 Å². The molecule has 1 amide bonds. The number of halogens is 1. The predicted octanol–water partition coefficient (Wildman–Crippen LogP) is 6.34. The summed E-state index contributed by atoms with van der Waals surface area (Å²) in [7, 11) is 0. The van der Waals surface area contributed by atoms with Gasteiger partial charge in [0.15, 0.2) is 0 Å². The number of aliphatic hydroxyl groups excluding tert-OH is 1. The molecule has 3 aromatic carbocycles. The fourth-order valence-corrected chi connectivity index (χ4v) is 6.07. The van der Waals surface area contributed by atoms with Gasteiger partial charge in [-0.15, -0.1) is 11.8 Å². The maximum Gasteiger partial charge on any atom is 0.243 e. The third-order valence-electron chi connectivity index (χ3n) is 6.45. The Bertz CT molecular complexity index is 1360. The number of nitrogens with zero attached hydrogens (tertiary/aromatic N) is 2. The summed E-state index contributed by atoms with van der Waals surface area (Å²) in [5, 5.41) is 20.9. The van der Waals surface area contributed by atoms with Crippen LogP contribution in [0.15, 0.2) is 91.3 Å². The Hall–Kier alpha value is -3.32. The number of pyridine rings is 1. The first-order valence-electron chi connectivity index (χ1n) is 11.6. The molecule has 0 radical (unpaired) electrons. The van der Waals surface area contributed by atoms with Gasteiger partial charge >= 0.3 is 0 Å². The number of hydrogen-bond donors (Lipinski definition) is 2. The molecular formula is C29H25ClN2O3S. The number of benzene rings is 3. The second-order valence-electron chi connectivity index (χ2n) is 8.80. The topological polar surface area (TPSA) is 73.7 Å². The highest BCUT2D eigenvalue weighted by Crippen LogP contribution is 2.46. The number of carbonyl (C=O) groups excluding carboxylic acids is 1. The van der Waals surface area contributed by atoms with E-state index < -0.39 is 6.10 Å². The quantitative estimate of drug-likeness (QED) is 0.280. The highest BCUT2D eigenvalue weighted by atomic mass is 35.5. The minimum absolute atomic E-state index is 0.00719. The van der Waals surface area contributed by atoms with Crippen LogP contribution in [0.2, 0.25) is 5.02 Å². The number of anilines is 1. The Balaban J connectivity index is 1.38. The van der Waals surface area contributed by atoms with Crippen LogP contribution in [0.25, 0.3) is 11.1 Å². The molecule has 4 aromatic rings. The molecule has 0 unspecified atom stereocenters. The van der Waals surface area contributed by atoms with Crippen LogP contribution in [0.3, 0.4) is 0 Å². The molecule has 2 heterocycles. The molecule has 0 aliphatic carbocycles. The lowest BCUT2D eigenvalue weighted by Crippen LogP contribution is -2.57. The first kappa shape index (κ1) is 24.4. The lowest BCUT2D eigenvalue weighted by Gasteiger charge is -2.47. The molecule has 182 valence electrons. The molecule has 1 aliphatic rings. The number of aliphatic hydroxyl groups is 1. The molecule has 1 aromatic heterocycles. The van der Waals surface area contributed by atoms with Crippen LogP contribution in [-0.4, -0.2) is 32.1 Å². The molecule has 1 fully saturated rings. The molecule has 0 bridgehead atoms. The lowest BCUT2D eigenvalue weighted by molar-refractivity contribution is -0.123. The average Bonchev–Trinajstić information content (AvgIpc) is 2.89. The first-order chi connectivity index (χ1) is 17.4. The van der Waals surface area contributed by atoms with E-state index in [4.69, 9.17) is 11.6 Å². The molecule has 7 heteroatoms. The smallest absolute Gasteiger partial charge is 0.243 e. The van der Waals surface area contributed by atoms with Gasteiger partial charge in [-0.1, -0.05) is 48.0 Å². The van der Waals surface area contributed by atoms with Crippen molar-refractivity contribution in [1.29, 1.82) is 0 Å². The normalized spacial score (nSPS) is 18.1. The maximum atomic E-state index is 13.4. The Morgan fingerprint density at radius 2 is 1.78 bits per heavy atom. The van der Waals surface area contributed by atoms with Gasteiger partial charge in [-0.25, -0.2) is 0 Å². The molecule has 2 N–H and O–H groups in total. The largest absolute Gasteiger partial charge is 0.508 e. The molecule has 1 aliphatic heterocycles. The Kier molecular flexibility index (Phi) is 7.01. The summed E-state index contributed by atoms with van der Waals surface area (Å²) < 4.78 is 0. The van der Waals surface area contributed by atoms with Crippen molar-refractivity contribution in [2.75, 3.05) is 10.7 Å². The van der Waals surface area contributed by atoms with E-state index in [0.29, 0.717) is 10.8 Å². The highest BCUT2D eigenvalue weighted by Gasteiger charge is 2.49. The van der Waals surface area contributed by atoms with Crippen LogP contribution < -0.4 is 4.90 Å². The molecule has 5 nitrogen and oxygen atoms in total. The predicted molar refractivity (Wildman–Crippen MR) is 145 cm³/mol. The van der Waals surface area contributed by atoms with Gasteiger partial charge < -0.3 is 15.1 Å². The highest BCUT2D eigenvalue weighted by molar-refractivity contribution is 8.00. The number of aryl methyl sites for hydroxylation is 1. The number of phenolic OH excluding ortho intramolecular Hbond substituents is 1. The number of aromatic hydroxyl groups is 1. The Morgan fingerprint density at radius 3 is 2.44 bits per heavy atom. The van der Waals surface area contributed by atoms with Gasteiger partial charge in [0.2, 0.25) is 5.91 Å². The van der Waals surface area contributed by atoms with Crippen molar-refractivity contribution in [3.05, 3.63) is 113 Å². The second-order valence-corrected chi connectivity index (χ2v) is 10.4. The van der Waals surface area contributed by atoms with Gasteiger partial charge in [0.1, 0.15) is 11.0 Å². The fraction of sp³-hybridized carbons (Fsp3) is 0.172. The summed E-state index contributed by atoms with van der Waals surface area (Å²) in [5.74, 6) is 0.545. The SMILES string of the molecule is Cc1cc(Cl)ccc1[C@H](O)CS[C@H]1C(=O)N(c2ccc(-c3cccnc3)cc2)[C@@H]1c1ccc(O)cc1. The minimum atomic E-state index is -0.714. The van der Waals surface area contributed by atoms with E-state index in [9.17, 15) is 15.0 Å². The van der Waals surface area contributed by atoms with Crippen LogP contribution >= 0.6 is 23.4 Å². The molecular weight excluding hydrogens is 492 g/mol. The maximum absolute atomic E-state index is 13.4. The zero-order valence-electron chi connectivity index (χ0n) is 19.6. The van der Waals surface area contributed by atoms with Crippen LogP contribution in [0, 0.1) is 6.92 Å². The number of β-lactam (4-membered cyclic amide) rings is 1. The van der Waals surface area contributed by atoms with Gasteiger partial charge in [0.25, 0.3) is 0 Å². The van der Waals surface area contributed by atoms with Crippen molar-refractivity contribution in [2.45, 2.75) is 24.3 Å². The van der Waals surface area contributed by atoms with E-state index in [-0.39, 0.29) is 22.9 Å². The van der Waals surface area contributed by atoms with Crippen molar-refractivity contribution >= 4 is 35.0 Å². The molecule has 1 saturated heterocycles. The fourth-order valence-electron chi connectivity index (χ4n) is 4.55. The Morgan fingerprint density at radius 1 is 1.03 bits per heavy atom. The molecule has 0 spiro atoms. The van der Waals surface area contributed by atoms with Gasteiger partial charge in [0, 0.05) is 28.9 Å². The van der Waals surface area contributed by atoms with Crippen LogP contribution in [0.5, 0.6) is 5.75 Å². The number of thioether (sulfide) groups is 1. The van der Waals surface area contributed by atoms with Gasteiger partial charge in [0.05, 0.1) is 12.1 Å². The van der Waals surface area contributed by atoms with E-state index in [2.05, 4.69) is 4.98 Å². The van der Waals surface area contributed by atoms with Crippen molar-refractivity contribution in [3.63, 3.8) is 0 Å². The molecule has 36 heavy (non-hydrogen) atoms. The summed E-state index contributed by atoms with van der Waals surface area (Å²) in [4.78, 5) is 19.3. The average molecular weight is 517 g/mol.